The number of ether oxygens (including phenoxy) is 1. The third-order valence-electron chi connectivity index (χ3n) is 3.35. The van der Waals surface area contributed by atoms with Crippen LogP contribution in [0.25, 0.3) is 0 Å². The predicted octanol–water partition coefficient (Wildman–Crippen LogP) is 3.42. The maximum atomic E-state index is 5.85. The van der Waals surface area contributed by atoms with Gasteiger partial charge in [-0.2, -0.15) is 0 Å². The molecule has 2 heterocycles. The molecule has 1 aliphatic heterocycles. The Morgan fingerprint density at radius 3 is 2.40 bits per heavy atom. The first-order chi connectivity index (χ1) is 9.66. The molecule has 0 saturated heterocycles. The van der Waals surface area contributed by atoms with E-state index < -0.39 is 0 Å². The molecule has 102 valence electrons. The molecule has 1 aromatic heterocycles. The summed E-state index contributed by atoms with van der Waals surface area (Å²) in [5.74, 6) is 0.735. The first kappa shape index (κ1) is 12.9. The zero-order valence-electron chi connectivity index (χ0n) is 11.8. The van der Waals surface area contributed by atoms with Crippen LogP contribution in [-0.4, -0.2) is 23.0 Å². The van der Waals surface area contributed by atoms with Gasteiger partial charge >= 0.3 is 0 Å². The highest BCUT2D eigenvalue weighted by molar-refractivity contribution is 5.88. The van der Waals surface area contributed by atoms with Gasteiger partial charge in [0.2, 0.25) is 0 Å². The Morgan fingerprint density at radius 1 is 1.05 bits per heavy atom. The summed E-state index contributed by atoms with van der Waals surface area (Å²) in [6, 6.07) is 16.2. The number of benzene rings is 1. The molecule has 3 nitrogen and oxygen atoms in total. The molecule has 1 aliphatic rings. The normalized spacial score (nSPS) is 18.2. The Morgan fingerprint density at radius 2 is 1.80 bits per heavy atom. The molecule has 2 aromatic rings. The van der Waals surface area contributed by atoms with Crippen molar-refractivity contribution in [2.24, 2.45) is 4.99 Å². The molecule has 0 fully saturated rings. The third kappa shape index (κ3) is 2.57. The van der Waals surface area contributed by atoms with E-state index in [1.54, 1.807) is 0 Å². The summed E-state index contributed by atoms with van der Waals surface area (Å²) in [6.07, 6.45) is 1.81. The summed E-state index contributed by atoms with van der Waals surface area (Å²) in [7, 11) is 0. The molecule has 3 heteroatoms. The van der Waals surface area contributed by atoms with Crippen LogP contribution < -0.4 is 0 Å². The number of nitrogens with zero attached hydrogens (tertiary/aromatic N) is 2. The molecule has 1 unspecified atom stereocenters. The largest absolute Gasteiger partial charge is 0.478 e. The molecule has 0 spiro atoms. The minimum absolute atomic E-state index is 0.0285. The number of aromatic nitrogens is 1. The minimum atomic E-state index is -0.156. The van der Waals surface area contributed by atoms with Gasteiger partial charge in [-0.05, 0) is 31.5 Å². The van der Waals surface area contributed by atoms with Crippen LogP contribution in [0.2, 0.25) is 0 Å². The van der Waals surface area contributed by atoms with Gasteiger partial charge in [-0.1, -0.05) is 36.4 Å². The first-order valence-corrected chi connectivity index (χ1v) is 6.84. The van der Waals surface area contributed by atoms with Gasteiger partial charge in [0.15, 0.2) is 5.90 Å². The Kier molecular flexibility index (Phi) is 3.26. The summed E-state index contributed by atoms with van der Waals surface area (Å²) in [5, 5.41) is 0. The minimum Gasteiger partial charge on any atom is -0.478 e. The Hall–Kier alpha value is -2.16. The summed E-state index contributed by atoms with van der Waals surface area (Å²) in [6.45, 7) is 4.79. The fourth-order valence-electron chi connectivity index (χ4n) is 2.39. The van der Waals surface area contributed by atoms with E-state index in [4.69, 9.17) is 9.73 Å². The molecule has 20 heavy (non-hydrogen) atoms. The first-order valence-electron chi connectivity index (χ1n) is 6.84. The summed E-state index contributed by atoms with van der Waals surface area (Å²) in [4.78, 5) is 9.21. The van der Waals surface area contributed by atoms with Gasteiger partial charge in [0.05, 0.1) is 11.2 Å². The zero-order chi connectivity index (χ0) is 14.0. The fourth-order valence-corrected chi connectivity index (χ4v) is 2.39. The monoisotopic (exact) mass is 266 g/mol. The summed E-state index contributed by atoms with van der Waals surface area (Å²) >= 11 is 0. The van der Waals surface area contributed by atoms with E-state index in [-0.39, 0.29) is 11.5 Å². The van der Waals surface area contributed by atoms with Gasteiger partial charge in [-0.15, -0.1) is 0 Å². The molecule has 0 amide bonds. The maximum Gasteiger partial charge on any atom is 0.197 e. The smallest absolute Gasteiger partial charge is 0.197 e. The van der Waals surface area contributed by atoms with Crippen LogP contribution in [0.15, 0.2) is 59.7 Å². The molecule has 0 saturated carbocycles. The van der Waals surface area contributed by atoms with Crippen molar-refractivity contribution in [2.45, 2.75) is 25.3 Å². The summed E-state index contributed by atoms with van der Waals surface area (Å²) < 4.78 is 5.85. The number of rotatable bonds is 3. The van der Waals surface area contributed by atoms with Crippen molar-refractivity contribution in [1.29, 1.82) is 0 Å². The van der Waals surface area contributed by atoms with E-state index >= 15 is 0 Å². The van der Waals surface area contributed by atoms with E-state index in [1.807, 2.05) is 42.6 Å². The van der Waals surface area contributed by atoms with Gasteiger partial charge in [-0.25, -0.2) is 4.99 Å². The molecule has 1 atom stereocenters. The van der Waals surface area contributed by atoms with E-state index in [2.05, 4.69) is 31.0 Å². The number of hydrogen-bond acceptors (Lipinski definition) is 3. The predicted molar refractivity (Wildman–Crippen MR) is 80.0 cm³/mol. The van der Waals surface area contributed by atoms with Crippen molar-refractivity contribution in [3.05, 3.63) is 66.0 Å². The van der Waals surface area contributed by atoms with Crippen molar-refractivity contribution >= 4 is 5.90 Å². The Bertz CT molecular complexity index is 566. The summed E-state index contributed by atoms with van der Waals surface area (Å²) in [5.41, 5.74) is 1.97. The van der Waals surface area contributed by atoms with E-state index in [1.165, 1.54) is 0 Å². The average Bonchev–Trinajstić information content (AvgIpc) is 2.81. The second-order valence-electron chi connectivity index (χ2n) is 5.65. The quantitative estimate of drug-likeness (QED) is 0.853. The van der Waals surface area contributed by atoms with Crippen molar-refractivity contribution in [3.63, 3.8) is 0 Å². The fraction of sp³-hybridized carbons (Fsp3) is 0.294. The van der Waals surface area contributed by atoms with Gasteiger partial charge in [0, 0.05) is 6.20 Å². The van der Waals surface area contributed by atoms with Crippen molar-refractivity contribution < 1.29 is 4.74 Å². The third-order valence-corrected chi connectivity index (χ3v) is 3.35. The van der Waals surface area contributed by atoms with Crippen LogP contribution in [0.3, 0.4) is 0 Å². The van der Waals surface area contributed by atoms with Crippen LogP contribution in [0.1, 0.15) is 31.0 Å². The van der Waals surface area contributed by atoms with Gasteiger partial charge < -0.3 is 4.74 Å². The van der Waals surface area contributed by atoms with Gasteiger partial charge in [0.1, 0.15) is 12.5 Å². The van der Waals surface area contributed by atoms with Crippen molar-refractivity contribution in [1.82, 2.24) is 4.98 Å². The van der Waals surface area contributed by atoms with Crippen LogP contribution in [0.4, 0.5) is 0 Å². The second kappa shape index (κ2) is 5.08. The Labute approximate surface area is 119 Å². The lowest BCUT2D eigenvalue weighted by Gasteiger charge is -2.16. The van der Waals surface area contributed by atoms with E-state index in [9.17, 15) is 0 Å². The molecule has 3 rings (SSSR count). The topological polar surface area (TPSA) is 34.5 Å². The molecule has 0 radical (unpaired) electrons. The molecular weight excluding hydrogens is 248 g/mol. The van der Waals surface area contributed by atoms with Crippen LogP contribution in [-0.2, 0) is 4.74 Å². The number of aliphatic imine (C=N–C) groups is 1. The highest BCUT2D eigenvalue weighted by atomic mass is 16.5. The lowest BCUT2D eigenvalue weighted by atomic mass is 9.95. The van der Waals surface area contributed by atoms with Crippen LogP contribution >= 0.6 is 0 Å². The number of hydrogen-bond donors (Lipinski definition) is 0. The van der Waals surface area contributed by atoms with E-state index in [0.717, 1.165) is 17.2 Å². The highest BCUT2D eigenvalue weighted by Crippen LogP contribution is 2.30. The average molecular weight is 266 g/mol. The van der Waals surface area contributed by atoms with Crippen molar-refractivity contribution in [3.8, 4) is 0 Å². The van der Waals surface area contributed by atoms with Crippen molar-refractivity contribution in [2.75, 3.05) is 6.61 Å². The lowest BCUT2D eigenvalue weighted by molar-refractivity contribution is 0.272. The lowest BCUT2D eigenvalue weighted by Crippen LogP contribution is -2.17. The number of pyridine rings is 1. The van der Waals surface area contributed by atoms with Gasteiger partial charge in [0.25, 0.3) is 0 Å². The van der Waals surface area contributed by atoms with Crippen LogP contribution in [0, 0.1) is 0 Å². The second-order valence-corrected chi connectivity index (χ2v) is 5.65. The molecule has 0 bridgehead atoms. The maximum absolute atomic E-state index is 5.85. The van der Waals surface area contributed by atoms with Crippen LogP contribution in [0.5, 0.6) is 0 Å². The molecule has 0 aliphatic carbocycles. The molecule has 0 N–H and O–H groups in total. The van der Waals surface area contributed by atoms with E-state index in [0.29, 0.717) is 6.61 Å². The highest BCUT2D eigenvalue weighted by Gasteiger charge is 2.33. The SMILES string of the molecule is CC1(C)COC(C(c2ccccc2)c2ccccn2)=N1. The standard InChI is InChI=1S/C17H18N2O/c1-17(2)12-20-16(19-17)15(13-8-4-3-5-9-13)14-10-6-7-11-18-14/h3-11,15H,12H2,1-2H3. The zero-order valence-corrected chi connectivity index (χ0v) is 11.8. The molecular formula is C17H18N2O. The van der Waals surface area contributed by atoms with Gasteiger partial charge in [-0.3, -0.25) is 4.98 Å². The Balaban J connectivity index is 2.06. The molecule has 1 aromatic carbocycles.